The summed E-state index contributed by atoms with van der Waals surface area (Å²) in [5, 5.41) is 8.56. The van der Waals surface area contributed by atoms with Crippen molar-refractivity contribution in [2.45, 2.75) is 6.42 Å². The van der Waals surface area contributed by atoms with Gasteiger partial charge in [0.05, 0.1) is 12.8 Å². The summed E-state index contributed by atoms with van der Waals surface area (Å²) in [5.74, 6) is 0.693. The SMILES string of the molecule is CN=C(NCCc1ccco1)NCC(=O)Nc1cccc(F)c1. The number of carbonyl (C=O) groups excluding carboxylic acids is 1. The number of aliphatic imine (C=N–C) groups is 1. The maximum absolute atomic E-state index is 13.0. The summed E-state index contributed by atoms with van der Waals surface area (Å²) in [7, 11) is 1.62. The van der Waals surface area contributed by atoms with Crippen LogP contribution in [-0.2, 0) is 11.2 Å². The Kier molecular flexibility index (Phi) is 6.17. The molecule has 0 aliphatic heterocycles. The zero-order valence-electron chi connectivity index (χ0n) is 12.8. The minimum atomic E-state index is -0.397. The van der Waals surface area contributed by atoms with Gasteiger partial charge in [-0.05, 0) is 30.3 Å². The summed E-state index contributed by atoms with van der Waals surface area (Å²) in [6, 6.07) is 9.46. The fourth-order valence-electron chi connectivity index (χ4n) is 1.91. The Morgan fingerprint density at radius 2 is 2.13 bits per heavy atom. The molecule has 0 radical (unpaired) electrons. The number of benzene rings is 1. The number of furan rings is 1. The summed E-state index contributed by atoms with van der Waals surface area (Å²) >= 11 is 0. The molecule has 3 N–H and O–H groups in total. The molecule has 122 valence electrons. The molecule has 1 aromatic carbocycles. The maximum Gasteiger partial charge on any atom is 0.243 e. The second-order valence-electron chi connectivity index (χ2n) is 4.74. The molecule has 1 amide bonds. The van der Waals surface area contributed by atoms with Gasteiger partial charge in [-0.3, -0.25) is 9.79 Å². The Bertz CT molecular complexity index is 656. The quantitative estimate of drug-likeness (QED) is 0.560. The van der Waals surface area contributed by atoms with E-state index in [1.165, 1.54) is 18.2 Å². The Hall–Kier alpha value is -2.83. The van der Waals surface area contributed by atoms with Crippen LogP contribution in [0.5, 0.6) is 0 Å². The highest BCUT2D eigenvalue weighted by atomic mass is 19.1. The van der Waals surface area contributed by atoms with Crippen molar-refractivity contribution >= 4 is 17.6 Å². The number of rotatable bonds is 6. The Morgan fingerprint density at radius 1 is 1.26 bits per heavy atom. The van der Waals surface area contributed by atoms with Crippen LogP contribution in [0.1, 0.15) is 5.76 Å². The van der Waals surface area contributed by atoms with E-state index in [0.717, 1.165) is 5.76 Å². The van der Waals surface area contributed by atoms with E-state index in [2.05, 4.69) is 20.9 Å². The molecule has 1 aromatic heterocycles. The van der Waals surface area contributed by atoms with Crippen LogP contribution < -0.4 is 16.0 Å². The number of nitrogens with zero attached hydrogens (tertiary/aromatic N) is 1. The average molecular weight is 318 g/mol. The summed E-state index contributed by atoms with van der Waals surface area (Å²) in [5.41, 5.74) is 0.414. The fraction of sp³-hybridized carbons (Fsp3) is 0.250. The normalized spacial score (nSPS) is 11.1. The van der Waals surface area contributed by atoms with Crippen LogP contribution >= 0.6 is 0 Å². The molecule has 0 bridgehead atoms. The molecule has 0 aliphatic rings. The minimum absolute atomic E-state index is 0.0247. The van der Waals surface area contributed by atoms with Gasteiger partial charge in [0.2, 0.25) is 5.91 Å². The predicted molar refractivity (Wildman–Crippen MR) is 86.8 cm³/mol. The number of nitrogens with one attached hydrogen (secondary N) is 3. The molecular weight excluding hydrogens is 299 g/mol. The molecule has 0 atom stereocenters. The summed E-state index contributed by atoms with van der Waals surface area (Å²) < 4.78 is 18.3. The molecule has 0 saturated carbocycles. The highest BCUT2D eigenvalue weighted by Gasteiger charge is 2.05. The van der Waals surface area contributed by atoms with Gasteiger partial charge in [0.15, 0.2) is 5.96 Å². The first-order chi connectivity index (χ1) is 11.2. The Balaban J connectivity index is 1.71. The van der Waals surface area contributed by atoms with Crippen LogP contribution in [0.4, 0.5) is 10.1 Å². The first-order valence-electron chi connectivity index (χ1n) is 7.19. The highest BCUT2D eigenvalue weighted by molar-refractivity contribution is 5.94. The van der Waals surface area contributed by atoms with Gasteiger partial charge in [-0.1, -0.05) is 6.07 Å². The van der Waals surface area contributed by atoms with Crippen molar-refractivity contribution in [3.8, 4) is 0 Å². The van der Waals surface area contributed by atoms with E-state index in [-0.39, 0.29) is 12.5 Å². The third-order valence-electron chi connectivity index (χ3n) is 2.99. The van der Waals surface area contributed by atoms with Crippen molar-refractivity contribution < 1.29 is 13.6 Å². The molecule has 0 saturated heterocycles. The third-order valence-corrected chi connectivity index (χ3v) is 2.99. The van der Waals surface area contributed by atoms with Crippen molar-refractivity contribution in [3.63, 3.8) is 0 Å². The molecule has 7 heteroatoms. The van der Waals surface area contributed by atoms with Crippen molar-refractivity contribution in [2.75, 3.05) is 25.5 Å². The van der Waals surface area contributed by atoms with Crippen molar-refractivity contribution in [1.29, 1.82) is 0 Å². The number of amides is 1. The average Bonchev–Trinajstić information content (AvgIpc) is 3.04. The maximum atomic E-state index is 13.0. The summed E-state index contributed by atoms with van der Waals surface area (Å²) in [6.07, 6.45) is 2.34. The molecular formula is C16H19FN4O2. The lowest BCUT2D eigenvalue weighted by atomic mass is 10.3. The highest BCUT2D eigenvalue weighted by Crippen LogP contribution is 2.08. The lowest BCUT2D eigenvalue weighted by Crippen LogP contribution is -2.42. The van der Waals surface area contributed by atoms with E-state index < -0.39 is 5.82 Å². The van der Waals surface area contributed by atoms with Crippen LogP contribution in [0.2, 0.25) is 0 Å². The number of hydrogen-bond donors (Lipinski definition) is 3. The molecule has 0 fully saturated rings. The van der Waals surface area contributed by atoms with E-state index in [0.29, 0.717) is 24.6 Å². The van der Waals surface area contributed by atoms with Crippen LogP contribution in [0, 0.1) is 5.82 Å². The lowest BCUT2D eigenvalue weighted by Gasteiger charge is -2.11. The monoisotopic (exact) mass is 318 g/mol. The zero-order valence-corrected chi connectivity index (χ0v) is 12.8. The van der Waals surface area contributed by atoms with Gasteiger partial charge >= 0.3 is 0 Å². The second-order valence-corrected chi connectivity index (χ2v) is 4.74. The molecule has 0 unspecified atom stereocenters. The van der Waals surface area contributed by atoms with Crippen molar-refractivity contribution in [3.05, 3.63) is 54.2 Å². The summed E-state index contributed by atoms with van der Waals surface area (Å²) in [6.45, 7) is 0.648. The van der Waals surface area contributed by atoms with Gasteiger partial charge in [-0.15, -0.1) is 0 Å². The Morgan fingerprint density at radius 3 is 2.83 bits per heavy atom. The van der Waals surface area contributed by atoms with E-state index in [1.807, 2.05) is 12.1 Å². The number of hydrogen-bond acceptors (Lipinski definition) is 3. The molecule has 2 aromatic rings. The topological polar surface area (TPSA) is 78.7 Å². The standard InChI is InChI=1S/C16H19FN4O2/c1-18-16(19-8-7-14-6-3-9-23-14)20-11-15(22)21-13-5-2-4-12(17)10-13/h2-6,9-10H,7-8,11H2,1H3,(H,21,22)(H2,18,19,20). The number of halogens is 1. The van der Waals surface area contributed by atoms with Crippen molar-refractivity contribution in [1.82, 2.24) is 10.6 Å². The third kappa shape index (κ3) is 5.82. The largest absolute Gasteiger partial charge is 0.469 e. The molecule has 6 nitrogen and oxygen atoms in total. The number of anilines is 1. The van der Waals surface area contributed by atoms with Crippen LogP contribution in [-0.4, -0.2) is 32.0 Å². The predicted octanol–water partition coefficient (Wildman–Crippen LogP) is 1.76. The lowest BCUT2D eigenvalue weighted by molar-refractivity contribution is -0.115. The molecule has 2 rings (SSSR count). The fourth-order valence-corrected chi connectivity index (χ4v) is 1.91. The van der Waals surface area contributed by atoms with E-state index in [9.17, 15) is 9.18 Å². The molecule has 1 heterocycles. The number of guanidine groups is 1. The first-order valence-corrected chi connectivity index (χ1v) is 7.19. The van der Waals surface area contributed by atoms with Gasteiger partial charge in [0, 0.05) is 25.7 Å². The van der Waals surface area contributed by atoms with E-state index in [1.54, 1.807) is 19.4 Å². The molecule has 0 spiro atoms. The van der Waals surface area contributed by atoms with Gasteiger partial charge in [0.25, 0.3) is 0 Å². The van der Waals surface area contributed by atoms with E-state index in [4.69, 9.17) is 4.42 Å². The minimum Gasteiger partial charge on any atom is -0.469 e. The molecule has 23 heavy (non-hydrogen) atoms. The zero-order chi connectivity index (χ0) is 16.5. The smallest absolute Gasteiger partial charge is 0.243 e. The molecule has 0 aliphatic carbocycles. The van der Waals surface area contributed by atoms with Crippen LogP contribution in [0.15, 0.2) is 52.1 Å². The second kappa shape index (κ2) is 8.57. The number of carbonyl (C=O) groups is 1. The van der Waals surface area contributed by atoms with Gasteiger partial charge < -0.3 is 20.4 Å². The van der Waals surface area contributed by atoms with E-state index >= 15 is 0 Å². The van der Waals surface area contributed by atoms with Crippen LogP contribution in [0.25, 0.3) is 0 Å². The van der Waals surface area contributed by atoms with Gasteiger partial charge in [-0.25, -0.2) is 4.39 Å². The summed E-state index contributed by atoms with van der Waals surface area (Å²) in [4.78, 5) is 15.8. The van der Waals surface area contributed by atoms with Crippen LogP contribution in [0.3, 0.4) is 0 Å². The Labute approximate surface area is 133 Å². The van der Waals surface area contributed by atoms with Gasteiger partial charge in [-0.2, -0.15) is 0 Å². The van der Waals surface area contributed by atoms with Gasteiger partial charge in [0.1, 0.15) is 11.6 Å². The first kappa shape index (κ1) is 16.5. The van der Waals surface area contributed by atoms with Crippen molar-refractivity contribution in [2.24, 2.45) is 4.99 Å².